The fourth-order valence-electron chi connectivity index (χ4n) is 1.62. The molecule has 158 valence electrons. The molecule has 0 aliphatic rings. The normalized spacial score (nSPS) is 10.4. The molecule has 0 fully saturated rings. The predicted molar refractivity (Wildman–Crippen MR) is 101 cm³/mol. The first-order valence-electron chi connectivity index (χ1n) is 6.80. The van der Waals surface area contributed by atoms with Gasteiger partial charge in [0.1, 0.15) is 5.75 Å². The average molecular weight is 464 g/mol. The molecule has 0 aromatic heterocycles. The summed E-state index contributed by atoms with van der Waals surface area (Å²) in [6, 6.07) is 15.1. The predicted octanol–water partition coefficient (Wildman–Crippen LogP) is -0.390. The van der Waals surface area contributed by atoms with E-state index in [0.717, 1.165) is 0 Å². The van der Waals surface area contributed by atoms with E-state index >= 15 is 0 Å². The summed E-state index contributed by atoms with van der Waals surface area (Å²) in [7, 11) is -9.33. The van der Waals surface area contributed by atoms with Crippen molar-refractivity contribution in [2.45, 2.75) is 6.48 Å². The molecule has 15 heteroatoms. The van der Waals surface area contributed by atoms with Crippen molar-refractivity contribution in [1.29, 1.82) is 0 Å². The molecule has 6 N–H and O–H groups in total. The molecule has 12 nitrogen and oxygen atoms in total. The van der Waals surface area contributed by atoms with Crippen LogP contribution in [0, 0.1) is 0 Å². The second kappa shape index (κ2) is 13.7. The Morgan fingerprint density at radius 3 is 1.55 bits per heavy atom. The van der Waals surface area contributed by atoms with Gasteiger partial charge in [-0.3, -0.25) is 23.0 Å². The number of aliphatic hydroxyl groups is 2. The molecule has 0 saturated carbocycles. The van der Waals surface area contributed by atoms with E-state index in [-0.39, 0.29) is 46.7 Å². The minimum absolute atomic E-state index is 0. The van der Waals surface area contributed by atoms with Gasteiger partial charge >= 0.3 is 56.8 Å². The van der Waals surface area contributed by atoms with E-state index in [1.54, 1.807) is 42.5 Å². The van der Waals surface area contributed by atoms with E-state index in [4.69, 9.17) is 50.0 Å². The van der Waals surface area contributed by atoms with Crippen LogP contribution in [0.5, 0.6) is 5.75 Å². The molecule has 0 aliphatic heterocycles. The first-order valence-corrected chi connectivity index (χ1v) is 9.59. The zero-order chi connectivity index (χ0) is 22.0. The topological polar surface area (TPSA) is 216 Å². The van der Waals surface area contributed by atoms with Gasteiger partial charge in [0.2, 0.25) is 0 Å². The standard InChI is InChI=1S/C14H12O4.Na.2H2O4S.H/c15-13(10-6-2-1-3-7-10)11-8-4-5-9-12(11)18-14(16)17;;2*1-5(2,3)4;/h1-9,14,16-17H;;2*(H2,1,2,3,4);. The molecule has 0 radical (unpaired) electrons. The molecule has 0 spiro atoms. The molecule has 0 atom stereocenters. The quantitative estimate of drug-likeness (QED) is 0.148. The molecule has 0 aliphatic carbocycles. The Balaban J connectivity index is 0. The molecule has 0 amide bonds. The van der Waals surface area contributed by atoms with Gasteiger partial charge in [0.25, 0.3) is 0 Å². The van der Waals surface area contributed by atoms with Crippen molar-refractivity contribution < 1.29 is 54.8 Å². The van der Waals surface area contributed by atoms with Gasteiger partial charge in [0, 0.05) is 5.56 Å². The number of aliphatic hydroxyl groups excluding tert-OH is 1. The molecule has 0 saturated heterocycles. The molecular weight excluding hydrogens is 447 g/mol. The number of para-hydroxylation sites is 1. The Hall–Kier alpha value is -1.43. The van der Waals surface area contributed by atoms with E-state index in [2.05, 4.69) is 0 Å². The number of ether oxygens (including phenoxy) is 1. The van der Waals surface area contributed by atoms with E-state index in [9.17, 15) is 4.79 Å². The Kier molecular flexibility index (Phi) is 14.1. The number of benzene rings is 2. The van der Waals surface area contributed by atoms with Gasteiger partial charge in [-0.05, 0) is 12.1 Å². The summed E-state index contributed by atoms with van der Waals surface area (Å²) in [4.78, 5) is 12.2. The molecule has 2 aromatic carbocycles. The number of ketones is 1. The zero-order valence-electron chi connectivity index (χ0n) is 13.7. The van der Waals surface area contributed by atoms with Gasteiger partial charge in [-0.25, -0.2) is 0 Å². The van der Waals surface area contributed by atoms with Crippen LogP contribution < -0.4 is 4.74 Å². The number of rotatable bonds is 4. The zero-order valence-corrected chi connectivity index (χ0v) is 15.4. The van der Waals surface area contributed by atoms with Crippen molar-refractivity contribution in [3.63, 3.8) is 0 Å². The minimum atomic E-state index is -4.67. The molecule has 0 unspecified atom stereocenters. The van der Waals surface area contributed by atoms with Gasteiger partial charge in [-0.1, -0.05) is 42.5 Å². The third kappa shape index (κ3) is 18.3. The van der Waals surface area contributed by atoms with Crippen LogP contribution in [-0.2, 0) is 20.8 Å². The Morgan fingerprint density at radius 1 is 0.759 bits per heavy atom. The summed E-state index contributed by atoms with van der Waals surface area (Å²) in [6.45, 7) is -1.95. The van der Waals surface area contributed by atoms with Crippen LogP contribution in [0.4, 0.5) is 0 Å². The first kappa shape index (κ1) is 29.8. The van der Waals surface area contributed by atoms with Crippen LogP contribution in [-0.4, -0.2) is 87.1 Å². The number of carbonyl (C=O) groups is 1. The number of hydrogen-bond donors (Lipinski definition) is 6. The van der Waals surface area contributed by atoms with E-state index in [1.165, 1.54) is 6.07 Å². The van der Waals surface area contributed by atoms with Crippen molar-refractivity contribution >= 4 is 56.1 Å². The Morgan fingerprint density at radius 2 is 1.14 bits per heavy atom. The average Bonchev–Trinajstić information content (AvgIpc) is 2.52. The van der Waals surface area contributed by atoms with Gasteiger partial charge in [0.15, 0.2) is 5.78 Å². The molecule has 0 bridgehead atoms. The molecule has 29 heavy (non-hydrogen) atoms. The molecule has 2 rings (SSSR count). The van der Waals surface area contributed by atoms with E-state index in [1.807, 2.05) is 6.07 Å². The van der Waals surface area contributed by atoms with Crippen molar-refractivity contribution in [3.05, 3.63) is 65.7 Å². The van der Waals surface area contributed by atoms with Crippen molar-refractivity contribution in [1.82, 2.24) is 0 Å². The van der Waals surface area contributed by atoms with Gasteiger partial charge in [-0.2, -0.15) is 16.8 Å². The summed E-state index contributed by atoms with van der Waals surface area (Å²) < 4.78 is 67.9. The summed E-state index contributed by atoms with van der Waals surface area (Å²) >= 11 is 0. The van der Waals surface area contributed by atoms with Crippen LogP contribution in [0.25, 0.3) is 0 Å². The van der Waals surface area contributed by atoms with Gasteiger partial charge in [-0.15, -0.1) is 0 Å². The maximum atomic E-state index is 12.2. The van der Waals surface area contributed by atoms with Crippen LogP contribution in [0.2, 0.25) is 0 Å². The van der Waals surface area contributed by atoms with E-state index < -0.39 is 27.3 Å². The number of carbonyl (C=O) groups excluding carboxylic acids is 1. The van der Waals surface area contributed by atoms with Crippen LogP contribution in [0.3, 0.4) is 0 Å². The fourth-order valence-corrected chi connectivity index (χ4v) is 1.62. The Labute approximate surface area is 188 Å². The maximum absolute atomic E-state index is 12.2. The van der Waals surface area contributed by atoms with Crippen LogP contribution in [0.1, 0.15) is 15.9 Å². The van der Waals surface area contributed by atoms with Crippen LogP contribution in [0.15, 0.2) is 54.6 Å². The summed E-state index contributed by atoms with van der Waals surface area (Å²) in [5.74, 6) is -0.0896. The van der Waals surface area contributed by atoms with Gasteiger partial charge in [0.05, 0.1) is 5.56 Å². The monoisotopic (exact) mass is 464 g/mol. The van der Waals surface area contributed by atoms with E-state index in [0.29, 0.717) is 5.56 Å². The number of hydrogen-bond acceptors (Lipinski definition) is 8. The first-order chi connectivity index (χ1) is 12.7. The molecule has 0 heterocycles. The second-order valence-corrected chi connectivity index (χ2v) is 6.32. The summed E-state index contributed by atoms with van der Waals surface area (Å²) in [5.41, 5.74) is 0.803. The Bertz CT molecular complexity index is 913. The van der Waals surface area contributed by atoms with Crippen molar-refractivity contribution in [2.75, 3.05) is 0 Å². The molecular formula is C14H17NaO12S2. The van der Waals surface area contributed by atoms with Gasteiger partial charge < -0.3 is 14.9 Å². The third-order valence-electron chi connectivity index (χ3n) is 2.40. The van der Waals surface area contributed by atoms with Crippen molar-refractivity contribution in [3.8, 4) is 5.75 Å². The second-order valence-electron chi connectivity index (χ2n) is 4.53. The third-order valence-corrected chi connectivity index (χ3v) is 2.40. The van der Waals surface area contributed by atoms with Crippen LogP contribution >= 0.6 is 0 Å². The molecule has 2 aromatic rings. The SMILES string of the molecule is O=C(c1ccccc1)c1ccccc1OC(O)O.O=S(=O)(O)O.O=S(=O)(O)O.[NaH]. The summed E-state index contributed by atoms with van der Waals surface area (Å²) in [5, 5.41) is 17.6. The summed E-state index contributed by atoms with van der Waals surface area (Å²) in [6.07, 6.45) is 0. The fraction of sp³-hybridized carbons (Fsp3) is 0.0714. The van der Waals surface area contributed by atoms with Crippen molar-refractivity contribution in [2.24, 2.45) is 0 Å².